The third-order valence-corrected chi connectivity index (χ3v) is 6.31. The van der Waals surface area contributed by atoms with Crippen LogP contribution in [0.25, 0.3) is 0 Å². The fraction of sp³-hybridized carbons (Fsp3) is 0.188. The van der Waals surface area contributed by atoms with E-state index >= 15 is 0 Å². The smallest absolute Gasteiger partial charge is 0.225 e. The molecule has 1 N–H and O–H groups in total. The molecule has 0 bridgehead atoms. The summed E-state index contributed by atoms with van der Waals surface area (Å²) in [5, 5.41) is 2.85. The molecule has 122 valence electrons. The number of hydrogen-bond acceptors (Lipinski definition) is 3. The largest absolute Gasteiger partial charge is 0.326 e. The van der Waals surface area contributed by atoms with Gasteiger partial charge < -0.3 is 5.32 Å². The Morgan fingerprint density at radius 2 is 1.91 bits per heavy atom. The monoisotopic (exact) mass is 415 g/mol. The molecule has 0 aliphatic rings. The number of anilines is 1. The molecule has 2 rings (SSSR count). The maximum atomic E-state index is 12.2. The summed E-state index contributed by atoms with van der Waals surface area (Å²) in [5.41, 5.74) is 1.61. The molecular weight excluding hydrogens is 402 g/mol. The molecule has 0 saturated heterocycles. The molecule has 0 atom stereocenters. The van der Waals surface area contributed by atoms with Crippen LogP contribution in [0.1, 0.15) is 12.0 Å². The summed E-state index contributed by atoms with van der Waals surface area (Å²) in [6, 6.07) is 11.6. The van der Waals surface area contributed by atoms with E-state index in [1.807, 2.05) is 19.1 Å². The van der Waals surface area contributed by atoms with Gasteiger partial charge in [0.2, 0.25) is 5.91 Å². The predicted molar refractivity (Wildman–Crippen MR) is 95.6 cm³/mol. The van der Waals surface area contributed by atoms with E-state index in [-0.39, 0.29) is 28.0 Å². The second kappa shape index (κ2) is 7.47. The van der Waals surface area contributed by atoms with E-state index in [0.29, 0.717) is 5.69 Å². The summed E-state index contributed by atoms with van der Waals surface area (Å²) < 4.78 is 25.4. The Labute approximate surface area is 148 Å². The van der Waals surface area contributed by atoms with Gasteiger partial charge in [-0.05, 0) is 42.8 Å². The van der Waals surface area contributed by atoms with Crippen molar-refractivity contribution in [1.29, 1.82) is 0 Å². The molecule has 23 heavy (non-hydrogen) atoms. The lowest BCUT2D eigenvalue weighted by Gasteiger charge is -2.08. The van der Waals surface area contributed by atoms with Gasteiger partial charge in [0, 0.05) is 16.6 Å². The van der Waals surface area contributed by atoms with Gasteiger partial charge in [-0.15, -0.1) is 0 Å². The molecule has 4 nitrogen and oxygen atoms in total. The summed E-state index contributed by atoms with van der Waals surface area (Å²) in [6.07, 6.45) is -0.136. The summed E-state index contributed by atoms with van der Waals surface area (Å²) >= 11 is 9.28. The standard InChI is InChI=1S/C16H15BrClNO3S/c1-11-10-12(6-7-13(11)17)19-16(20)8-9-23(21,22)15-5-3-2-4-14(15)18/h2-7,10H,8-9H2,1H3,(H,19,20). The number of hydrogen-bond donors (Lipinski definition) is 1. The first-order valence-corrected chi connectivity index (χ1v) is 9.65. The van der Waals surface area contributed by atoms with Crippen molar-refractivity contribution in [2.24, 2.45) is 0 Å². The van der Waals surface area contributed by atoms with Crippen LogP contribution in [0.3, 0.4) is 0 Å². The zero-order chi connectivity index (χ0) is 17.0. The highest BCUT2D eigenvalue weighted by molar-refractivity contribution is 9.10. The van der Waals surface area contributed by atoms with Gasteiger partial charge in [-0.1, -0.05) is 39.7 Å². The summed E-state index contributed by atoms with van der Waals surface area (Å²) in [5.74, 6) is -0.653. The number of amides is 1. The van der Waals surface area contributed by atoms with E-state index in [2.05, 4.69) is 21.2 Å². The molecule has 0 saturated carbocycles. The molecular formula is C16H15BrClNO3S. The van der Waals surface area contributed by atoms with Crippen molar-refractivity contribution in [2.45, 2.75) is 18.2 Å². The van der Waals surface area contributed by atoms with Crippen LogP contribution in [-0.4, -0.2) is 20.1 Å². The van der Waals surface area contributed by atoms with Gasteiger partial charge in [0.1, 0.15) is 0 Å². The third-order valence-electron chi connectivity index (χ3n) is 3.21. The van der Waals surface area contributed by atoms with Gasteiger partial charge in [0.25, 0.3) is 0 Å². The van der Waals surface area contributed by atoms with Gasteiger partial charge in [0.15, 0.2) is 9.84 Å². The number of benzene rings is 2. The lowest BCUT2D eigenvalue weighted by molar-refractivity contribution is -0.115. The van der Waals surface area contributed by atoms with Crippen LogP contribution in [0.15, 0.2) is 51.8 Å². The topological polar surface area (TPSA) is 63.2 Å². The molecule has 0 spiro atoms. The minimum atomic E-state index is -3.59. The molecule has 7 heteroatoms. The van der Waals surface area contributed by atoms with E-state index in [9.17, 15) is 13.2 Å². The van der Waals surface area contributed by atoms with Crippen LogP contribution in [-0.2, 0) is 14.6 Å². The lowest BCUT2D eigenvalue weighted by atomic mass is 10.2. The Kier molecular flexibility index (Phi) is 5.84. The Morgan fingerprint density at radius 3 is 2.57 bits per heavy atom. The normalized spacial score (nSPS) is 11.3. The van der Waals surface area contributed by atoms with E-state index < -0.39 is 9.84 Å². The van der Waals surface area contributed by atoms with E-state index in [1.165, 1.54) is 12.1 Å². The molecule has 0 aliphatic heterocycles. The van der Waals surface area contributed by atoms with Crippen LogP contribution >= 0.6 is 27.5 Å². The maximum absolute atomic E-state index is 12.2. The second-order valence-electron chi connectivity index (χ2n) is 5.01. The number of halogens is 2. The van der Waals surface area contributed by atoms with Gasteiger partial charge in [0.05, 0.1) is 15.7 Å². The molecule has 2 aromatic carbocycles. The SMILES string of the molecule is Cc1cc(NC(=O)CCS(=O)(=O)c2ccccc2Cl)ccc1Br. The average molecular weight is 417 g/mol. The quantitative estimate of drug-likeness (QED) is 0.794. The number of aryl methyl sites for hydroxylation is 1. The van der Waals surface area contributed by atoms with Crippen LogP contribution in [0.5, 0.6) is 0 Å². The van der Waals surface area contributed by atoms with E-state index in [1.54, 1.807) is 18.2 Å². The van der Waals surface area contributed by atoms with Gasteiger partial charge in [-0.3, -0.25) is 4.79 Å². The Morgan fingerprint density at radius 1 is 1.22 bits per heavy atom. The van der Waals surface area contributed by atoms with E-state index in [0.717, 1.165) is 10.0 Å². The Balaban J connectivity index is 2.01. The van der Waals surface area contributed by atoms with Crippen LogP contribution in [0.4, 0.5) is 5.69 Å². The first-order chi connectivity index (χ1) is 10.8. The fourth-order valence-electron chi connectivity index (χ4n) is 1.98. The first-order valence-electron chi connectivity index (χ1n) is 6.83. The van der Waals surface area contributed by atoms with E-state index in [4.69, 9.17) is 11.6 Å². The van der Waals surface area contributed by atoms with Crippen LogP contribution in [0.2, 0.25) is 5.02 Å². The number of carbonyl (C=O) groups excluding carboxylic acids is 1. The fourth-order valence-corrected chi connectivity index (χ4v) is 4.04. The summed E-state index contributed by atoms with van der Waals surface area (Å²) in [7, 11) is -3.59. The minimum absolute atomic E-state index is 0.0500. The number of nitrogens with one attached hydrogen (secondary N) is 1. The lowest BCUT2D eigenvalue weighted by Crippen LogP contribution is -2.17. The van der Waals surface area contributed by atoms with Crippen LogP contribution < -0.4 is 5.32 Å². The molecule has 0 heterocycles. The van der Waals surface area contributed by atoms with Gasteiger partial charge in [-0.2, -0.15) is 0 Å². The van der Waals surface area contributed by atoms with Crippen molar-refractivity contribution < 1.29 is 13.2 Å². The third kappa shape index (κ3) is 4.80. The van der Waals surface area contributed by atoms with Crippen molar-refractivity contribution in [1.82, 2.24) is 0 Å². The molecule has 0 aliphatic carbocycles. The Hall–Kier alpha value is -1.37. The first kappa shape index (κ1) is 18.0. The summed E-state index contributed by atoms with van der Waals surface area (Å²) in [4.78, 5) is 12.0. The van der Waals surface area contributed by atoms with Gasteiger partial charge >= 0.3 is 0 Å². The molecule has 0 radical (unpaired) electrons. The minimum Gasteiger partial charge on any atom is -0.326 e. The molecule has 1 amide bonds. The molecule has 2 aromatic rings. The highest BCUT2D eigenvalue weighted by Gasteiger charge is 2.19. The molecule has 0 fully saturated rings. The summed E-state index contributed by atoms with van der Waals surface area (Å²) in [6.45, 7) is 1.90. The van der Waals surface area contributed by atoms with Crippen LogP contribution in [0, 0.1) is 6.92 Å². The number of rotatable bonds is 5. The Bertz CT molecular complexity index is 837. The maximum Gasteiger partial charge on any atom is 0.225 e. The van der Waals surface area contributed by atoms with Crippen molar-refractivity contribution in [3.8, 4) is 0 Å². The molecule has 0 unspecified atom stereocenters. The molecule has 0 aromatic heterocycles. The van der Waals surface area contributed by atoms with Crippen molar-refractivity contribution >= 4 is 49.0 Å². The van der Waals surface area contributed by atoms with Crippen molar-refractivity contribution in [3.63, 3.8) is 0 Å². The number of carbonyl (C=O) groups is 1. The highest BCUT2D eigenvalue weighted by Crippen LogP contribution is 2.23. The van der Waals surface area contributed by atoms with Crippen molar-refractivity contribution in [2.75, 3.05) is 11.1 Å². The highest BCUT2D eigenvalue weighted by atomic mass is 79.9. The second-order valence-corrected chi connectivity index (χ2v) is 8.35. The van der Waals surface area contributed by atoms with Crippen molar-refractivity contribution in [3.05, 3.63) is 57.5 Å². The predicted octanol–water partition coefficient (Wildman–Crippen LogP) is 4.21. The zero-order valence-electron chi connectivity index (χ0n) is 12.3. The average Bonchev–Trinajstić information content (AvgIpc) is 2.49. The number of sulfone groups is 1. The van der Waals surface area contributed by atoms with Gasteiger partial charge in [-0.25, -0.2) is 8.42 Å². The zero-order valence-corrected chi connectivity index (χ0v) is 15.5.